The quantitative estimate of drug-likeness (QED) is 0.698. The number of carbonyl (C=O) groups excluding carboxylic acids is 1. The summed E-state index contributed by atoms with van der Waals surface area (Å²) in [5.74, 6) is 0. The summed E-state index contributed by atoms with van der Waals surface area (Å²) in [5, 5.41) is 14.0. The number of aliphatic hydroxyl groups excluding tert-OH is 1. The zero-order valence-corrected chi connectivity index (χ0v) is 9.53. The van der Waals surface area contributed by atoms with Crippen LogP contribution in [0.2, 0.25) is 0 Å². The van der Waals surface area contributed by atoms with E-state index >= 15 is 0 Å². The van der Waals surface area contributed by atoms with Gasteiger partial charge in [0.15, 0.2) is 0 Å². The second kappa shape index (κ2) is 6.07. The first-order valence-electron chi connectivity index (χ1n) is 5.19. The Labute approximate surface area is 94.9 Å². The van der Waals surface area contributed by atoms with Crippen LogP contribution in [0.4, 0.5) is 4.79 Å². The number of hydrogen-bond acceptors (Lipinski definition) is 3. The summed E-state index contributed by atoms with van der Waals surface area (Å²) < 4.78 is 0. The van der Waals surface area contributed by atoms with Crippen molar-refractivity contribution in [2.75, 3.05) is 6.61 Å². The van der Waals surface area contributed by atoms with Crippen LogP contribution in [-0.4, -0.2) is 28.8 Å². The Morgan fingerprint density at radius 3 is 3.00 bits per heavy atom. The van der Waals surface area contributed by atoms with Crippen molar-refractivity contribution in [1.82, 2.24) is 15.6 Å². The monoisotopic (exact) mass is 223 g/mol. The third-order valence-electron chi connectivity index (χ3n) is 2.19. The molecule has 0 aliphatic heterocycles. The van der Waals surface area contributed by atoms with Crippen molar-refractivity contribution >= 4 is 6.03 Å². The zero-order chi connectivity index (χ0) is 12.0. The predicted molar refractivity (Wildman–Crippen MR) is 60.9 cm³/mol. The lowest BCUT2D eigenvalue weighted by Crippen LogP contribution is -2.42. The van der Waals surface area contributed by atoms with E-state index in [1.165, 1.54) is 0 Å². The number of amides is 2. The molecule has 1 aromatic rings. The van der Waals surface area contributed by atoms with Crippen LogP contribution < -0.4 is 10.6 Å². The molecule has 2 amide bonds. The molecule has 16 heavy (non-hydrogen) atoms. The maximum atomic E-state index is 11.3. The summed E-state index contributed by atoms with van der Waals surface area (Å²) in [6, 6.07) is 3.25. The van der Waals surface area contributed by atoms with E-state index in [0.29, 0.717) is 6.54 Å². The van der Waals surface area contributed by atoms with Gasteiger partial charge < -0.3 is 15.7 Å². The number of hydrogen-bond donors (Lipinski definition) is 3. The summed E-state index contributed by atoms with van der Waals surface area (Å²) in [7, 11) is 0. The molecular weight excluding hydrogens is 206 g/mol. The van der Waals surface area contributed by atoms with Gasteiger partial charge in [-0.1, -0.05) is 6.07 Å². The molecule has 0 saturated heterocycles. The first-order chi connectivity index (χ1) is 7.63. The molecule has 1 rings (SSSR count). The van der Waals surface area contributed by atoms with Gasteiger partial charge in [-0.05, 0) is 25.5 Å². The molecule has 0 radical (unpaired) electrons. The van der Waals surface area contributed by atoms with E-state index in [9.17, 15) is 4.79 Å². The van der Waals surface area contributed by atoms with Crippen molar-refractivity contribution in [2.45, 2.75) is 26.4 Å². The Kier molecular flexibility index (Phi) is 4.72. The zero-order valence-electron chi connectivity index (χ0n) is 9.53. The van der Waals surface area contributed by atoms with Crippen LogP contribution in [0.1, 0.15) is 18.2 Å². The maximum absolute atomic E-state index is 11.3. The van der Waals surface area contributed by atoms with Crippen molar-refractivity contribution in [3.05, 3.63) is 29.6 Å². The summed E-state index contributed by atoms with van der Waals surface area (Å²) >= 11 is 0. The molecule has 0 aromatic carbocycles. The Morgan fingerprint density at radius 1 is 1.62 bits per heavy atom. The number of nitrogens with one attached hydrogen (secondary N) is 2. The van der Waals surface area contributed by atoms with E-state index in [2.05, 4.69) is 15.6 Å². The van der Waals surface area contributed by atoms with Crippen LogP contribution >= 0.6 is 0 Å². The highest BCUT2D eigenvalue weighted by Gasteiger charge is 2.06. The van der Waals surface area contributed by atoms with Crippen LogP contribution in [0.5, 0.6) is 0 Å². The fourth-order valence-electron chi connectivity index (χ4n) is 1.19. The van der Waals surface area contributed by atoms with Crippen LogP contribution in [-0.2, 0) is 6.54 Å². The highest BCUT2D eigenvalue weighted by atomic mass is 16.3. The molecule has 0 bridgehead atoms. The molecule has 0 aliphatic rings. The van der Waals surface area contributed by atoms with Gasteiger partial charge in [0.25, 0.3) is 0 Å². The Balaban J connectivity index is 2.40. The lowest BCUT2D eigenvalue weighted by Gasteiger charge is -2.12. The lowest BCUT2D eigenvalue weighted by molar-refractivity contribution is 0.220. The molecule has 1 aromatic heterocycles. The summed E-state index contributed by atoms with van der Waals surface area (Å²) in [4.78, 5) is 15.5. The van der Waals surface area contributed by atoms with Gasteiger partial charge in [-0.2, -0.15) is 0 Å². The standard InChI is InChI=1S/C11H17N3O2/c1-8-4-3-5-12-10(8)6-13-11(16)14-9(2)7-15/h3-5,9,15H,6-7H2,1-2H3,(H2,13,14,16). The predicted octanol–water partition coefficient (Wildman–Crippen LogP) is 0.570. The van der Waals surface area contributed by atoms with Crippen molar-refractivity contribution in [3.63, 3.8) is 0 Å². The van der Waals surface area contributed by atoms with Gasteiger partial charge in [0, 0.05) is 6.20 Å². The average molecular weight is 223 g/mol. The highest BCUT2D eigenvalue weighted by molar-refractivity contribution is 5.74. The molecule has 3 N–H and O–H groups in total. The van der Waals surface area contributed by atoms with E-state index < -0.39 is 0 Å². The number of rotatable bonds is 4. The fraction of sp³-hybridized carbons (Fsp3) is 0.455. The second-order valence-electron chi connectivity index (χ2n) is 3.68. The van der Waals surface area contributed by atoms with E-state index in [1.807, 2.05) is 19.1 Å². The minimum atomic E-state index is -0.299. The highest BCUT2D eigenvalue weighted by Crippen LogP contribution is 2.01. The lowest BCUT2D eigenvalue weighted by atomic mass is 10.2. The molecule has 0 saturated carbocycles. The third kappa shape index (κ3) is 3.86. The summed E-state index contributed by atoms with van der Waals surface area (Å²) in [6.45, 7) is 3.98. The summed E-state index contributed by atoms with van der Waals surface area (Å²) in [5.41, 5.74) is 1.88. The molecule has 0 spiro atoms. The Bertz CT molecular complexity index is 355. The SMILES string of the molecule is Cc1cccnc1CNC(=O)NC(C)CO. The van der Waals surface area contributed by atoms with Gasteiger partial charge in [-0.15, -0.1) is 0 Å². The molecule has 1 heterocycles. The van der Waals surface area contributed by atoms with E-state index in [-0.39, 0.29) is 18.7 Å². The van der Waals surface area contributed by atoms with Crippen molar-refractivity contribution in [1.29, 1.82) is 0 Å². The van der Waals surface area contributed by atoms with Gasteiger partial charge in [0.1, 0.15) is 0 Å². The number of carbonyl (C=O) groups is 1. The number of nitrogens with zero attached hydrogens (tertiary/aromatic N) is 1. The van der Waals surface area contributed by atoms with E-state index in [0.717, 1.165) is 11.3 Å². The molecule has 88 valence electrons. The minimum absolute atomic E-state index is 0.0734. The first kappa shape index (κ1) is 12.4. The van der Waals surface area contributed by atoms with Crippen LogP contribution in [0.15, 0.2) is 18.3 Å². The molecule has 1 atom stereocenters. The molecule has 5 nitrogen and oxygen atoms in total. The third-order valence-corrected chi connectivity index (χ3v) is 2.19. The van der Waals surface area contributed by atoms with Crippen LogP contribution in [0, 0.1) is 6.92 Å². The largest absolute Gasteiger partial charge is 0.394 e. The fourth-order valence-corrected chi connectivity index (χ4v) is 1.19. The van der Waals surface area contributed by atoms with Crippen LogP contribution in [0.25, 0.3) is 0 Å². The van der Waals surface area contributed by atoms with Gasteiger partial charge in [0.2, 0.25) is 0 Å². The minimum Gasteiger partial charge on any atom is -0.394 e. The van der Waals surface area contributed by atoms with Crippen molar-refractivity contribution in [2.24, 2.45) is 0 Å². The Hall–Kier alpha value is -1.62. The maximum Gasteiger partial charge on any atom is 0.315 e. The van der Waals surface area contributed by atoms with Gasteiger partial charge in [-0.25, -0.2) is 4.79 Å². The molecular formula is C11H17N3O2. The number of aryl methyl sites for hydroxylation is 1. The van der Waals surface area contributed by atoms with Crippen LogP contribution in [0.3, 0.4) is 0 Å². The molecule has 1 unspecified atom stereocenters. The topological polar surface area (TPSA) is 74.2 Å². The number of aliphatic hydroxyl groups is 1. The average Bonchev–Trinajstić information content (AvgIpc) is 2.28. The van der Waals surface area contributed by atoms with E-state index in [1.54, 1.807) is 13.1 Å². The van der Waals surface area contributed by atoms with Gasteiger partial charge in [-0.3, -0.25) is 4.98 Å². The first-order valence-corrected chi connectivity index (χ1v) is 5.19. The molecule has 0 fully saturated rings. The number of aromatic nitrogens is 1. The number of urea groups is 1. The van der Waals surface area contributed by atoms with Crippen molar-refractivity contribution in [3.8, 4) is 0 Å². The van der Waals surface area contributed by atoms with Gasteiger partial charge >= 0.3 is 6.03 Å². The van der Waals surface area contributed by atoms with E-state index in [4.69, 9.17) is 5.11 Å². The number of pyridine rings is 1. The second-order valence-corrected chi connectivity index (χ2v) is 3.68. The molecule has 0 aliphatic carbocycles. The molecule has 5 heteroatoms. The summed E-state index contributed by atoms with van der Waals surface area (Å²) in [6.07, 6.45) is 1.69. The normalized spacial score (nSPS) is 11.9. The Morgan fingerprint density at radius 2 is 2.38 bits per heavy atom. The smallest absolute Gasteiger partial charge is 0.315 e. The van der Waals surface area contributed by atoms with Gasteiger partial charge in [0.05, 0.1) is 24.9 Å². The van der Waals surface area contributed by atoms with Crippen molar-refractivity contribution < 1.29 is 9.90 Å².